The summed E-state index contributed by atoms with van der Waals surface area (Å²) in [6, 6.07) is 17.6. The number of carbonyl (C=O) groups excluding carboxylic acids is 2. The Morgan fingerprint density at radius 1 is 1.06 bits per heavy atom. The van der Waals surface area contributed by atoms with E-state index in [0.717, 1.165) is 17.8 Å². The molecule has 1 aliphatic heterocycles. The first-order chi connectivity index (χ1) is 15.6. The van der Waals surface area contributed by atoms with Crippen LogP contribution in [0.3, 0.4) is 0 Å². The molecule has 1 N–H and O–H groups in total. The molecule has 2 aliphatic rings. The predicted octanol–water partition coefficient (Wildman–Crippen LogP) is 5.35. The summed E-state index contributed by atoms with van der Waals surface area (Å²) < 4.78 is 11.3. The Balaban J connectivity index is 1.78. The molecule has 2 unspecified atom stereocenters. The summed E-state index contributed by atoms with van der Waals surface area (Å²) in [7, 11) is 1.54. The molecule has 32 heavy (non-hydrogen) atoms. The Hall–Kier alpha value is -3.80. The highest BCUT2D eigenvalue weighted by Crippen LogP contribution is 2.46. The molecular formula is C26H24N2O4. The van der Waals surface area contributed by atoms with Crippen molar-refractivity contribution in [3.63, 3.8) is 0 Å². The minimum atomic E-state index is -0.687. The second-order valence-electron chi connectivity index (χ2n) is 8.26. The van der Waals surface area contributed by atoms with Gasteiger partial charge in [-0.2, -0.15) is 0 Å². The van der Waals surface area contributed by atoms with Gasteiger partial charge >= 0.3 is 0 Å². The van der Waals surface area contributed by atoms with Gasteiger partial charge in [-0.1, -0.05) is 31.2 Å². The Morgan fingerprint density at radius 3 is 2.62 bits per heavy atom. The first-order valence-electron chi connectivity index (χ1n) is 10.7. The number of benzene rings is 2. The fourth-order valence-corrected chi connectivity index (χ4v) is 4.68. The van der Waals surface area contributed by atoms with Crippen LogP contribution in [0.25, 0.3) is 0 Å². The van der Waals surface area contributed by atoms with Crippen molar-refractivity contribution < 1.29 is 18.7 Å². The fraction of sp³-hybridized carbons (Fsp3) is 0.231. The standard InChI is InChI=1S/C26H24N2O4/c1-16-14-19-24(21(29)15-16)25(23-12-7-13-32-23)28(20-10-5-4-9-18(20)27-19)26(30)17-8-3-6-11-22(17)31-2/h3-13,16,25,27H,14-15H2,1-2H3. The zero-order chi connectivity index (χ0) is 22.2. The Morgan fingerprint density at radius 2 is 1.84 bits per heavy atom. The highest BCUT2D eigenvalue weighted by atomic mass is 16.5. The van der Waals surface area contributed by atoms with E-state index in [1.807, 2.05) is 36.4 Å². The number of ketones is 1. The number of nitrogens with one attached hydrogen (secondary N) is 1. The number of hydrogen-bond donors (Lipinski definition) is 1. The van der Waals surface area contributed by atoms with E-state index in [0.29, 0.717) is 34.8 Å². The Labute approximate surface area is 186 Å². The SMILES string of the molecule is COc1ccccc1C(=O)N1c2ccccc2NC2=C(C(=O)CC(C)C2)C1c1ccco1. The number of methoxy groups -OCH3 is 1. The van der Waals surface area contributed by atoms with Gasteiger partial charge in [-0.05, 0) is 48.7 Å². The van der Waals surface area contributed by atoms with E-state index in [1.54, 1.807) is 42.5 Å². The van der Waals surface area contributed by atoms with Crippen molar-refractivity contribution in [3.05, 3.63) is 89.5 Å². The van der Waals surface area contributed by atoms with Crippen molar-refractivity contribution in [2.45, 2.75) is 25.8 Å². The second kappa shape index (κ2) is 8.04. The number of amides is 1. The number of hydrogen-bond acceptors (Lipinski definition) is 5. The largest absolute Gasteiger partial charge is 0.496 e. The molecular weight excluding hydrogens is 404 g/mol. The van der Waals surface area contributed by atoms with Crippen molar-refractivity contribution in [1.29, 1.82) is 0 Å². The minimum Gasteiger partial charge on any atom is -0.496 e. The summed E-state index contributed by atoms with van der Waals surface area (Å²) >= 11 is 0. The molecule has 5 rings (SSSR count). The topological polar surface area (TPSA) is 71.8 Å². The lowest BCUT2D eigenvalue weighted by atomic mass is 9.83. The number of Topliss-reactive ketones (excluding diaryl/α,β-unsaturated/α-hetero) is 1. The van der Waals surface area contributed by atoms with E-state index < -0.39 is 6.04 Å². The molecule has 2 heterocycles. The van der Waals surface area contributed by atoms with Crippen LogP contribution in [-0.4, -0.2) is 18.8 Å². The molecule has 2 aromatic carbocycles. The average Bonchev–Trinajstić information content (AvgIpc) is 3.28. The summed E-state index contributed by atoms with van der Waals surface area (Å²) in [5, 5.41) is 3.47. The molecule has 3 aromatic rings. The van der Waals surface area contributed by atoms with Crippen molar-refractivity contribution in [2.75, 3.05) is 17.3 Å². The molecule has 6 nitrogen and oxygen atoms in total. The van der Waals surface area contributed by atoms with E-state index >= 15 is 0 Å². The van der Waals surface area contributed by atoms with E-state index in [4.69, 9.17) is 9.15 Å². The number of furan rings is 1. The number of rotatable bonds is 3. The Bertz CT molecular complexity index is 1210. The third kappa shape index (κ3) is 3.28. The lowest BCUT2D eigenvalue weighted by Crippen LogP contribution is -2.38. The van der Waals surface area contributed by atoms with E-state index in [-0.39, 0.29) is 17.6 Å². The van der Waals surface area contributed by atoms with Gasteiger partial charge in [-0.25, -0.2) is 0 Å². The van der Waals surface area contributed by atoms with Gasteiger partial charge in [-0.15, -0.1) is 0 Å². The van der Waals surface area contributed by atoms with Gasteiger partial charge in [0.05, 0.1) is 30.3 Å². The summed E-state index contributed by atoms with van der Waals surface area (Å²) in [5.41, 5.74) is 3.30. The minimum absolute atomic E-state index is 0.0262. The summed E-state index contributed by atoms with van der Waals surface area (Å²) in [6.45, 7) is 2.07. The van der Waals surface area contributed by atoms with Crippen LogP contribution >= 0.6 is 0 Å². The molecule has 2 atom stereocenters. The third-order valence-corrected chi connectivity index (χ3v) is 6.06. The van der Waals surface area contributed by atoms with Gasteiger partial charge in [0.15, 0.2) is 5.78 Å². The van der Waals surface area contributed by atoms with Crippen molar-refractivity contribution in [2.24, 2.45) is 5.92 Å². The average molecular weight is 428 g/mol. The number of carbonyl (C=O) groups is 2. The number of para-hydroxylation sites is 3. The molecule has 1 aliphatic carbocycles. The molecule has 0 radical (unpaired) electrons. The molecule has 1 amide bonds. The Kier molecular flexibility index (Phi) is 5.05. The molecule has 0 bridgehead atoms. The van der Waals surface area contributed by atoms with Gasteiger partial charge in [0, 0.05) is 17.7 Å². The molecule has 6 heteroatoms. The van der Waals surface area contributed by atoms with Crippen LogP contribution in [0.5, 0.6) is 5.75 Å². The lowest BCUT2D eigenvalue weighted by Gasteiger charge is -2.33. The molecule has 162 valence electrons. The zero-order valence-electron chi connectivity index (χ0n) is 18.0. The molecule has 0 fully saturated rings. The van der Waals surface area contributed by atoms with Crippen LogP contribution in [0.4, 0.5) is 11.4 Å². The summed E-state index contributed by atoms with van der Waals surface area (Å²) in [6.07, 6.45) is 2.73. The maximum Gasteiger partial charge on any atom is 0.263 e. The van der Waals surface area contributed by atoms with Crippen molar-refractivity contribution >= 4 is 23.1 Å². The monoisotopic (exact) mass is 428 g/mol. The highest BCUT2D eigenvalue weighted by Gasteiger charge is 2.42. The highest BCUT2D eigenvalue weighted by molar-refractivity contribution is 6.13. The van der Waals surface area contributed by atoms with E-state index in [9.17, 15) is 9.59 Å². The number of fused-ring (bicyclic) bond motifs is 1. The third-order valence-electron chi connectivity index (χ3n) is 6.06. The van der Waals surface area contributed by atoms with Crippen LogP contribution in [0, 0.1) is 5.92 Å². The van der Waals surface area contributed by atoms with Crippen LogP contribution in [-0.2, 0) is 4.79 Å². The smallest absolute Gasteiger partial charge is 0.263 e. The van der Waals surface area contributed by atoms with Gasteiger partial charge in [-0.3, -0.25) is 14.5 Å². The fourth-order valence-electron chi connectivity index (χ4n) is 4.68. The second-order valence-corrected chi connectivity index (χ2v) is 8.26. The zero-order valence-corrected chi connectivity index (χ0v) is 18.0. The molecule has 0 spiro atoms. The van der Waals surface area contributed by atoms with Crippen LogP contribution in [0.15, 0.2) is 82.6 Å². The first-order valence-corrected chi connectivity index (χ1v) is 10.7. The van der Waals surface area contributed by atoms with Crippen molar-refractivity contribution in [1.82, 2.24) is 0 Å². The van der Waals surface area contributed by atoms with Gasteiger partial charge in [0.2, 0.25) is 0 Å². The number of anilines is 2. The van der Waals surface area contributed by atoms with Crippen LogP contribution in [0.2, 0.25) is 0 Å². The molecule has 0 saturated heterocycles. The molecule has 1 aromatic heterocycles. The number of nitrogens with zero attached hydrogens (tertiary/aromatic N) is 1. The van der Waals surface area contributed by atoms with Gasteiger partial charge in [0.25, 0.3) is 5.91 Å². The molecule has 0 saturated carbocycles. The summed E-state index contributed by atoms with van der Waals surface area (Å²) in [4.78, 5) is 29.1. The van der Waals surface area contributed by atoms with E-state index in [1.165, 1.54) is 0 Å². The number of allylic oxidation sites excluding steroid dienone is 1. The quantitative estimate of drug-likeness (QED) is 0.608. The van der Waals surface area contributed by atoms with Crippen molar-refractivity contribution in [3.8, 4) is 5.75 Å². The summed E-state index contributed by atoms with van der Waals surface area (Å²) in [5.74, 6) is 0.997. The predicted molar refractivity (Wildman–Crippen MR) is 122 cm³/mol. The van der Waals surface area contributed by atoms with Crippen LogP contribution < -0.4 is 15.0 Å². The maximum atomic E-state index is 14.1. The normalized spacial score (nSPS) is 20.2. The van der Waals surface area contributed by atoms with Crippen LogP contribution in [0.1, 0.15) is 41.9 Å². The lowest BCUT2D eigenvalue weighted by molar-refractivity contribution is -0.117. The van der Waals surface area contributed by atoms with Gasteiger partial charge in [0.1, 0.15) is 17.6 Å². The first kappa shape index (κ1) is 20.1. The maximum absolute atomic E-state index is 14.1. The van der Waals surface area contributed by atoms with E-state index in [2.05, 4.69) is 12.2 Å². The number of ether oxygens (including phenoxy) is 1. The van der Waals surface area contributed by atoms with Gasteiger partial charge < -0.3 is 14.5 Å².